The first-order valence-corrected chi connectivity index (χ1v) is 9.17. The van der Waals surface area contributed by atoms with Crippen molar-refractivity contribution in [2.45, 2.75) is 0 Å². The van der Waals surface area contributed by atoms with Crippen LogP contribution in [0.2, 0.25) is 0 Å². The Hall–Kier alpha value is 0.986. The van der Waals surface area contributed by atoms with Crippen molar-refractivity contribution in [2.24, 2.45) is 0 Å². The van der Waals surface area contributed by atoms with Gasteiger partial charge in [-0.05, 0) is 12.1 Å². The maximum absolute atomic E-state index is 5.36. The molecule has 0 bridgehead atoms. The third-order valence-corrected chi connectivity index (χ3v) is 0.800. The number of halogens is 2. The first-order valence-electron chi connectivity index (χ1n) is 2.45. The van der Waals surface area contributed by atoms with E-state index in [0.29, 0.717) is 0 Å². The van der Waals surface area contributed by atoms with Gasteiger partial charge < -0.3 is 5.73 Å². The van der Waals surface area contributed by atoms with Crippen molar-refractivity contribution in [3.8, 4) is 0 Å². The molecule has 10 heavy (non-hydrogen) atoms. The van der Waals surface area contributed by atoms with E-state index in [1.54, 1.807) is 0 Å². The number of benzene rings is 1. The summed E-state index contributed by atoms with van der Waals surface area (Å²) < 4.78 is 0. The van der Waals surface area contributed by atoms with Gasteiger partial charge in [0.2, 0.25) is 0 Å². The number of anilines is 1. The summed E-state index contributed by atoms with van der Waals surface area (Å²) in [5.74, 6) is 0. The van der Waals surface area contributed by atoms with Crippen molar-refractivity contribution in [1.29, 1.82) is 0 Å². The predicted molar refractivity (Wildman–Crippen MR) is 58.9 cm³/mol. The van der Waals surface area contributed by atoms with Crippen LogP contribution < -0.4 is 5.73 Å². The Morgan fingerprint density at radius 1 is 1.10 bits per heavy atom. The van der Waals surface area contributed by atoms with Crippen LogP contribution >= 0.6 is 40.8 Å². The summed E-state index contributed by atoms with van der Waals surface area (Å²) in [6, 6.07) is 9.49. The Morgan fingerprint density at radius 2 is 1.50 bits per heavy atom. The molecule has 0 aliphatic carbocycles. The summed E-state index contributed by atoms with van der Waals surface area (Å²) in [5.41, 5.74) is 6.18. The second-order valence-corrected chi connectivity index (χ2v) is 10.2. The van der Waals surface area contributed by atoms with Gasteiger partial charge in [0.15, 0.2) is 0 Å². The van der Waals surface area contributed by atoms with Crippen molar-refractivity contribution in [1.82, 2.24) is 0 Å². The molecule has 1 aromatic rings. The van der Waals surface area contributed by atoms with E-state index in [1.807, 2.05) is 30.3 Å². The fourth-order valence-electron chi connectivity index (χ4n) is 0.453. The van der Waals surface area contributed by atoms with E-state index < -0.39 is 0 Å². The second-order valence-electron chi connectivity index (χ2n) is 1.46. The molecule has 0 aliphatic rings. The van der Waals surface area contributed by atoms with Crippen molar-refractivity contribution >= 4 is 46.5 Å². The van der Waals surface area contributed by atoms with Crippen LogP contribution in [0.3, 0.4) is 0 Å². The molecule has 1 aromatic carbocycles. The van der Waals surface area contributed by atoms with Crippen LogP contribution in [0, 0.1) is 0 Å². The second kappa shape index (κ2) is 8.09. The Labute approximate surface area is 89.7 Å². The van der Waals surface area contributed by atoms with Gasteiger partial charge in [-0.3, -0.25) is 0 Å². The molecule has 0 atom stereocenters. The van der Waals surface area contributed by atoms with Gasteiger partial charge in [0.05, 0.1) is 0 Å². The number of rotatable bonds is 0. The zero-order valence-corrected chi connectivity index (χ0v) is 10.4. The quantitative estimate of drug-likeness (QED) is 0.521. The first-order chi connectivity index (χ1) is 4.81. The standard InChI is InChI=1S/C6H7N.Co.2HI/c7-6-4-2-1-3-5-6;;;/h1-5H,7H2;;2*1H/q;+2;;/p-2. The first kappa shape index (κ1) is 11.0. The SMILES string of the molecule is Nc1ccccc1.[I][Co][I]. The molecule has 0 amide bonds. The van der Waals surface area contributed by atoms with Gasteiger partial charge in [-0.15, -0.1) is 0 Å². The topological polar surface area (TPSA) is 26.0 Å². The van der Waals surface area contributed by atoms with Crippen molar-refractivity contribution < 1.29 is 8.26 Å². The molecule has 59 valence electrons. The number of hydrogen-bond donors (Lipinski definition) is 1. The molecule has 0 unspecified atom stereocenters. The molecular weight excluding hydrogens is 399 g/mol. The minimum absolute atomic E-state index is 0.822. The van der Waals surface area contributed by atoms with Gasteiger partial charge in [0, 0.05) is 5.69 Å². The zero-order chi connectivity index (χ0) is 7.82. The average molecular weight is 406 g/mol. The van der Waals surface area contributed by atoms with E-state index in [4.69, 9.17) is 5.73 Å². The fraction of sp³-hybridized carbons (Fsp3) is 0. The van der Waals surface area contributed by atoms with Crippen molar-refractivity contribution in [3.63, 3.8) is 0 Å². The van der Waals surface area contributed by atoms with Crippen LogP contribution in [-0.4, -0.2) is 0 Å². The molecule has 0 fully saturated rings. The van der Waals surface area contributed by atoms with Gasteiger partial charge in [0.1, 0.15) is 0 Å². The molecule has 4 heteroatoms. The molecular formula is C6H7CoI2N. The van der Waals surface area contributed by atoms with Gasteiger partial charge >= 0.3 is 49.1 Å². The van der Waals surface area contributed by atoms with Crippen LogP contribution in [-0.2, 0) is 8.26 Å². The fourth-order valence-corrected chi connectivity index (χ4v) is 0.453. The van der Waals surface area contributed by atoms with Crippen molar-refractivity contribution in [3.05, 3.63) is 30.3 Å². The molecule has 0 radical (unpaired) electrons. The van der Waals surface area contributed by atoms with Crippen molar-refractivity contribution in [2.75, 3.05) is 5.73 Å². The molecule has 0 aromatic heterocycles. The van der Waals surface area contributed by atoms with Gasteiger partial charge in [-0.1, -0.05) is 18.2 Å². The Balaban J connectivity index is 0.000000236. The number of hydrogen-bond acceptors (Lipinski definition) is 1. The van der Waals surface area contributed by atoms with Gasteiger partial charge in [0.25, 0.3) is 0 Å². The third kappa shape index (κ3) is 7.10. The average Bonchev–Trinajstić information content (AvgIpc) is 1.91. The van der Waals surface area contributed by atoms with Crippen LogP contribution in [0.25, 0.3) is 0 Å². The maximum atomic E-state index is 5.36. The van der Waals surface area contributed by atoms with Crippen LogP contribution in [0.5, 0.6) is 0 Å². The monoisotopic (exact) mass is 406 g/mol. The van der Waals surface area contributed by atoms with E-state index in [9.17, 15) is 0 Å². The van der Waals surface area contributed by atoms with E-state index in [0.717, 1.165) is 5.69 Å². The van der Waals surface area contributed by atoms with Gasteiger partial charge in [-0.2, -0.15) is 0 Å². The summed E-state index contributed by atoms with van der Waals surface area (Å²) in [6.45, 7) is 0. The predicted octanol–water partition coefficient (Wildman–Crippen LogP) is 3.04. The van der Waals surface area contributed by atoms with Crippen LogP contribution in [0.15, 0.2) is 30.3 Å². The molecule has 0 saturated heterocycles. The third-order valence-electron chi connectivity index (χ3n) is 0.800. The summed E-state index contributed by atoms with van der Waals surface area (Å²) in [5, 5.41) is 0. The van der Waals surface area contributed by atoms with Crippen LogP contribution in [0.1, 0.15) is 0 Å². The number of nitrogen functional groups attached to an aromatic ring is 1. The molecule has 0 heterocycles. The normalized spacial score (nSPS) is 8.20. The molecule has 1 nitrogen and oxygen atoms in total. The molecule has 0 spiro atoms. The Kier molecular flexibility index (Phi) is 8.88. The molecule has 0 aliphatic heterocycles. The minimum atomic E-state index is 0.822. The number of nitrogens with two attached hydrogens (primary N) is 1. The van der Waals surface area contributed by atoms with E-state index in [2.05, 4.69) is 40.8 Å². The van der Waals surface area contributed by atoms with Gasteiger partial charge in [-0.25, -0.2) is 0 Å². The molecule has 0 saturated carbocycles. The summed E-state index contributed by atoms with van der Waals surface area (Å²) in [6.07, 6.45) is 0. The Bertz CT molecular complexity index is 157. The summed E-state index contributed by atoms with van der Waals surface area (Å²) in [7, 11) is 1.38. The van der Waals surface area contributed by atoms with E-state index in [-0.39, 0.29) is 0 Å². The Morgan fingerprint density at radius 3 is 1.70 bits per heavy atom. The van der Waals surface area contributed by atoms with E-state index >= 15 is 0 Å². The summed E-state index contributed by atoms with van der Waals surface area (Å²) in [4.78, 5) is 0. The zero-order valence-electron chi connectivity index (χ0n) is 5.05. The molecule has 2 N–H and O–H groups in total. The van der Waals surface area contributed by atoms with Crippen LogP contribution in [0.4, 0.5) is 5.69 Å². The van der Waals surface area contributed by atoms with E-state index in [1.165, 1.54) is 8.26 Å². The summed E-state index contributed by atoms with van der Waals surface area (Å²) >= 11 is 4.49. The molecule has 1 rings (SSSR count). The number of para-hydroxylation sites is 1.